The highest BCUT2D eigenvalue weighted by Crippen LogP contribution is 2.20. The third kappa shape index (κ3) is 4.30. The number of hydrogen-bond donors (Lipinski definition) is 2. The zero-order valence-corrected chi connectivity index (χ0v) is 12.7. The molecule has 0 unspecified atom stereocenters. The van der Waals surface area contributed by atoms with E-state index >= 15 is 0 Å². The Morgan fingerprint density at radius 3 is 2.79 bits per heavy atom. The van der Waals surface area contributed by atoms with Gasteiger partial charge in [0, 0.05) is 29.3 Å². The van der Waals surface area contributed by atoms with Gasteiger partial charge in [-0.05, 0) is 43.5 Å². The average Bonchev–Trinajstić information content (AvgIpc) is 2.37. The Kier molecular flexibility index (Phi) is 4.96. The van der Waals surface area contributed by atoms with Crippen LogP contribution in [0.5, 0.6) is 0 Å². The number of hydrogen-bond acceptors (Lipinski definition) is 3. The van der Waals surface area contributed by atoms with E-state index in [0.717, 1.165) is 41.7 Å². The number of nitrogens with one attached hydrogen (secondary N) is 1. The quantitative estimate of drug-likeness (QED) is 0.894. The molecule has 1 aliphatic heterocycles. The van der Waals surface area contributed by atoms with Crippen molar-refractivity contribution in [1.29, 1.82) is 0 Å². The highest BCUT2D eigenvalue weighted by Gasteiger charge is 2.18. The van der Waals surface area contributed by atoms with Gasteiger partial charge in [-0.15, -0.1) is 0 Å². The van der Waals surface area contributed by atoms with E-state index in [1.165, 1.54) is 0 Å². The monoisotopic (exact) mass is 325 g/mol. The molecule has 1 aromatic carbocycles. The van der Waals surface area contributed by atoms with Crippen LogP contribution in [0.15, 0.2) is 22.7 Å². The molecule has 0 aliphatic carbocycles. The van der Waals surface area contributed by atoms with Gasteiger partial charge in [0.2, 0.25) is 5.91 Å². The van der Waals surface area contributed by atoms with E-state index in [0.29, 0.717) is 12.6 Å². The summed E-state index contributed by atoms with van der Waals surface area (Å²) >= 11 is 3.45. The van der Waals surface area contributed by atoms with Crippen molar-refractivity contribution in [3.05, 3.63) is 28.2 Å². The first-order chi connectivity index (χ1) is 9.04. The number of piperidine rings is 1. The highest BCUT2D eigenvalue weighted by atomic mass is 79.9. The molecule has 5 heteroatoms. The Morgan fingerprint density at radius 2 is 2.16 bits per heavy atom. The lowest BCUT2D eigenvalue weighted by Gasteiger charge is -2.29. The van der Waals surface area contributed by atoms with Gasteiger partial charge in [-0.25, -0.2) is 0 Å². The average molecular weight is 326 g/mol. The maximum absolute atomic E-state index is 12.0. The number of anilines is 1. The molecule has 104 valence electrons. The molecule has 0 atom stereocenters. The summed E-state index contributed by atoms with van der Waals surface area (Å²) in [5.41, 5.74) is 7.81. The van der Waals surface area contributed by atoms with E-state index in [2.05, 4.69) is 26.1 Å². The van der Waals surface area contributed by atoms with Gasteiger partial charge in [0.05, 0.1) is 6.54 Å². The number of aryl methyl sites for hydroxylation is 1. The molecule has 3 N–H and O–H groups in total. The maximum Gasteiger partial charge on any atom is 0.238 e. The summed E-state index contributed by atoms with van der Waals surface area (Å²) in [6.45, 7) is 4.27. The number of likely N-dealkylation sites (tertiary alicyclic amines) is 1. The molecule has 1 amide bonds. The zero-order valence-electron chi connectivity index (χ0n) is 11.2. The van der Waals surface area contributed by atoms with Crippen molar-refractivity contribution in [1.82, 2.24) is 4.90 Å². The maximum atomic E-state index is 12.0. The normalized spacial score (nSPS) is 17.4. The fourth-order valence-corrected chi connectivity index (χ4v) is 2.48. The van der Waals surface area contributed by atoms with E-state index in [9.17, 15) is 4.79 Å². The van der Waals surface area contributed by atoms with Gasteiger partial charge in [-0.2, -0.15) is 0 Å². The third-order valence-corrected chi connectivity index (χ3v) is 4.33. The van der Waals surface area contributed by atoms with E-state index in [1.807, 2.05) is 25.1 Å². The van der Waals surface area contributed by atoms with Crippen molar-refractivity contribution >= 4 is 27.5 Å². The van der Waals surface area contributed by atoms with Crippen molar-refractivity contribution in [2.24, 2.45) is 5.73 Å². The standard InChI is InChI=1S/C14H20BrN3O/c1-10-8-12(2-3-13(10)15)17-14(19)9-18-6-4-11(16)5-7-18/h2-3,8,11H,4-7,9,16H2,1H3,(H,17,19). The second kappa shape index (κ2) is 6.50. The highest BCUT2D eigenvalue weighted by molar-refractivity contribution is 9.10. The fraction of sp³-hybridized carbons (Fsp3) is 0.500. The smallest absolute Gasteiger partial charge is 0.238 e. The number of benzene rings is 1. The van der Waals surface area contributed by atoms with Gasteiger partial charge >= 0.3 is 0 Å². The predicted molar refractivity (Wildman–Crippen MR) is 81.2 cm³/mol. The molecule has 2 rings (SSSR count). The summed E-state index contributed by atoms with van der Waals surface area (Å²) in [7, 11) is 0. The SMILES string of the molecule is Cc1cc(NC(=O)CN2CCC(N)CC2)ccc1Br. The molecule has 19 heavy (non-hydrogen) atoms. The first kappa shape index (κ1) is 14.5. The van der Waals surface area contributed by atoms with Crippen LogP contribution in [0.2, 0.25) is 0 Å². The Hall–Kier alpha value is -0.910. The summed E-state index contributed by atoms with van der Waals surface area (Å²) in [4.78, 5) is 14.1. The van der Waals surface area contributed by atoms with Crippen LogP contribution in [0.3, 0.4) is 0 Å². The van der Waals surface area contributed by atoms with Crippen LogP contribution in [0.25, 0.3) is 0 Å². The van der Waals surface area contributed by atoms with Gasteiger partial charge in [-0.3, -0.25) is 9.69 Å². The van der Waals surface area contributed by atoms with E-state index in [-0.39, 0.29) is 5.91 Å². The summed E-state index contributed by atoms with van der Waals surface area (Å²) in [6.07, 6.45) is 1.95. The molecule has 0 spiro atoms. The minimum Gasteiger partial charge on any atom is -0.328 e. The zero-order chi connectivity index (χ0) is 13.8. The number of amides is 1. The van der Waals surface area contributed by atoms with E-state index in [1.54, 1.807) is 0 Å². The van der Waals surface area contributed by atoms with Crippen molar-refractivity contribution in [2.75, 3.05) is 25.0 Å². The lowest BCUT2D eigenvalue weighted by atomic mass is 10.1. The minimum atomic E-state index is 0.0391. The summed E-state index contributed by atoms with van der Waals surface area (Å²) in [5, 5.41) is 2.94. The summed E-state index contributed by atoms with van der Waals surface area (Å²) < 4.78 is 1.05. The molecular weight excluding hydrogens is 306 g/mol. The number of rotatable bonds is 3. The van der Waals surface area contributed by atoms with Crippen molar-refractivity contribution < 1.29 is 4.79 Å². The summed E-state index contributed by atoms with van der Waals surface area (Å²) in [5.74, 6) is 0.0391. The van der Waals surface area contributed by atoms with Gasteiger partial charge in [0.25, 0.3) is 0 Å². The van der Waals surface area contributed by atoms with Crippen LogP contribution >= 0.6 is 15.9 Å². The topological polar surface area (TPSA) is 58.4 Å². The van der Waals surface area contributed by atoms with Crippen molar-refractivity contribution in [3.63, 3.8) is 0 Å². The van der Waals surface area contributed by atoms with Crippen molar-refractivity contribution in [2.45, 2.75) is 25.8 Å². The van der Waals surface area contributed by atoms with Crippen LogP contribution < -0.4 is 11.1 Å². The van der Waals surface area contributed by atoms with E-state index in [4.69, 9.17) is 5.73 Å². The van der Waals surface area contributed by atoms with Crippen molar-refractivity contribution in [3.8, 4) is 0 Å². The van der Waals surface area contributed by atoms with Gasteiger partial charge in [-0.1, -0.05) is 15.9 Å². The molecule has 0 radical (unpaired) electrons. The molecule has 1 fully saturated rings. The molecule has 1 aliphatic rings. The van der Waals surface area contributed by atoms with Gasteiger partial charge in [0.15, 0.2) is 0 Å². The number of nitrogens with zero attached hydrogens (tertiary/aromatic N) is 1. The molecule has 0 saturated carbocycles. The van der Waals surface area contributed by atoms with E-state index < -0.39 is 0 Å². The second-order valence-electron chi connectivity index (χ2n) is 5.13. The molecule has 1 saturated heterocycles. The number of carbonyl (C=O) groups excluding carboxylic acids is 1. The lowest BCUT2D eigenvalue weighted by molar-refractivity contribution is -0.117. The predicted octanol–water partition coefficient (Wildman–Crippen LogP) is 2.12. The number of halogens is 1. The lowest BCUT2D eigenvalue weighted by Crippen LogP contribution is -2.43. The Labute approximate surface area is 122 Å². The molecule has 1 heterocycles. The van der Waals surface area contributed by atoms with Gasteiger partial charge in [0.1, 0.15) is 0 Å². The number of nitrogens with two attached hydrogens (primary N) is 1. The van der Waals surface area contributed by atoms with Crippen LogP contribution in [0, 0.1) is 6.92 Å². The largest absolute Gasteiger partial charge is 0.328 e. The van der Waals surface area contributed by atoms with Crippen LogP contribution in [-0.4, -0.2) is 36.5 Å². The summed E-state index contributed by atoms with van der Waals surface area (Å²) in [6, 6.07) is 6.12. The molecule has 1 aromatic rings. The molecule has 0 aromatic heterocycles. The first-order valence-corrected chi connectivity index (χ1v) is 7.38. The second-order valence-corrected chi connectivity index (χ2v) is 5.98. The Balaban J connectivity index is 1.85. The molecule has 4 nitrogen and oxygen atoms in total. The van der Waals surface area contributed by atoms with Crippen LogP contribution in [0.1, 0.15) is 18.4 Å². The number of carbonyl (C=O) groups is 1. The molecular formula is C14H20BrN3O. The fourth-order valence-electron chi connectivity index (χ4n) is 2.24. The van der Waals surface area contributed by atoms with Crippen LogP contribution in [-0.2, 0) is 4.79 Å². The van der Waals surface area contributed by atoms with Gasteiger partial charge < -0.3 is 11.1 Å². The molecule has 0 bridgehead atoms. The Bertz CT molecular complexity index is 456. The third-order valence-electron chi connectivity index (χ3n) is 3.44. The van der Waals surface area contributed by atoms with Crippen LogP contribution in [0.4, 0.5) is 5.69 Å². The Morgan fingerprint density at radius 1 is 1.47 bits per heavy atom. The first-order valence-electron chi connectivity index (χ1n) is 6.58. The minimum absolute atomic E-state index is 0.0391.